The topological polar surface area (TPSA) is 75.5 Å². The predicted molar refractivity (Wildman–Crippen MR) is 136 cm³/mol. The molecule has 2 aromatic carbocycles. The maximum Gasteiger partial charge on any atom is 0.337 e. The molecule has 1 unspecified atom stereocenters. The Balaban J connectivity index is 1.33. The minimum atomic E-state index is -1.05. The molecule has 0 saturated carbocycles. The highest BCUT2D eigenvalue weighted by molar-refractivity contribution is 5.87. The van der Waals surface area contributed by atoms with Crippen LogP contribution in [-0.2, 0) is 19.6 Å². The summed E-state index contributed by atoms with van der Waals surface area (Å²) >= 11 is 0. The van der Waals surface area contributed by atoms with Crippen LogP contribution in [0.15, 0.2) is 79.1 Å². The van der Waals surface area contributed by atoms with Crippen molar-refractivity contribution in [2.45, 2.75) is 39.0 Å². The number of aryl methyl sites for hydroxylation is 1. The highest BCUT2D eigenvalue weighted by atomic mass is 19.1. The van der Waals surface area contributed by atoms with Crippen LogP contribution < -0.4 is 9.64 Å². The van der Waals surface area contributed by atoms with Crippen LogP contribution in [0.25, 0.3) is 11.3 Å². The van der Waals surface area contributed by atoms with Gasteiger partial charge in [-0.1, -0.05) is 24.3 Å². The molecule has 0 fully saturated rings. The van der Waals surface area contributed by atoms with Gasteiger partial charge in [-0.3, -0.25) is 4.98 Å². The van der Waals surface area contributed by atoms with Gasteiger partial charge < -0.3 is 14.7 Å². The standard InChI is InChI=1S/C29H26FN3O3/c1-19-8-9-22-13-24(30)10-11-28(22)33(19)17-20-4-2-5-21(12-20)27-7-3-6-25(32-27)18-36-26-14-23(29(34)35)15-31-16-26/h2-7,10-16,19H,8-9,17-18H2,1H3,(H,34,35). The van der Waals surface area contributed by atoms with Crippen LogP contribution in [0.5, 0.6) is 5.75 Å². The fourth-order valence-electron chi connectivity index (χ4n) is 4.55. The fraction of sp³-hybridized carbons (Fsp3) is 0.207. The molecule has 0 aliphatic carbocycles. The summed E-state index contributed by atoms with van der Waals surface area (Å²) < 4.78 is 19.5. The summed E-state index contributed by atoms with van der Waals surface area (Å²) in [6.07, 6.45) is 4.64. The van der Waals surface area contributed by atoms with Crippen molar-refractivity contribution in [2.24, 2.45) is 0 Å². The van der Waals surface area contributed by atoms with E-state index in [4.69, 9.17) is 14.8 Å². The number of halogens is 1. The predicted octanol–water partition coefficient (Wildman–Crippen LogP) is 5.90. The number of anilines is 1. The summed E-state index contributed by atoms with van der Waals surface area (Å²) in [5, 5.41) is 9.13. The number of fused-ring (bicyclic) bond motifs is 1. The number of hydrogen-bond acceptors (Lipinski definition) is 5. The molecular formula is C29H26FN3O3. The van der Waals surface area contributed by atoms with Crippen molar-refractivity contribution in [3.05, 3.63) is 107 Å². The van der Waals surface area contributed by atoms with E-state index in [0.717, 1.165) is 53.2 Å². The van der Waals surface area contributed by atoms with Gasteiger partial charge in [0.25, 0.3) is 0 Å². The molecule has 4 aromatic rings. The summed E-state index contributed by atoms with van der Waals surface area (Å²) in [6, 6.07) is 20.9. The summed E-state index contributed by atoms with van der Waals surface area (Å²) in [4.78, 5) is 22.2. The van der Waals surface area contributed by atoms with Crippen LogP contribution in [0, 0.1) is 5.82 Å². The molecule has 5 rings (SSSR count). The number of pyridine rings is 2. The van der Waals surface area contributed by atoms with Gasteiger partial charge in [-0.2, -0.15) is 0 Å². The lowest BCUT2D eigenvalue weighted by Gasteiger charge is -2.37. The van der Waals surface area contributed by atoms with E-state index in [1.54, 1.807) is 6.07 Å². The summed E-state index contributed by atoms with van der Waals surface area (Å²) in [6.45, 7) is 3.13. The molecule has 0 amide bonds. The molecule has 0 spiro atoms. The third-order valence-electron chi connectivity index (χ3n) is 6.44. The Hall–Kier alpha value is -4.26. The first-order valence-electron chi connectivity index (χ1n) is 11.9. The van der Waals surface area contributed by atoms with E-state index in [1.807, 2.05) is 36.4 Å². The molecule has 182 valence electrons. The largest absolute Gasteiger partial charge is 0.486 e. The Morgan fingerprint density at radius 1 is 1.11 bits per heavy atom. The number of carboxylic acid groups (broad SMARTS) is 1. The van der Waals surface area contributed by atoms with Gasteiger partial charge in [-0.15, -0.1) is 0 Å². The Bertz CT molecular complexity index is 1410. The second-order valence-corrected chi connectivity index (χ2v) is 9.01. The quantitative estimate of drug-likeness (QED) is 0.353. The number of aromatic carboxylic acids is 1. The van der Waals surface area contributed by atoms with Gasteiger partial charge in [-0.05, 0) is 73.4 Å². The molecule has 6 nitrogen and oxygen atoms in total. The number of carbonyl (C=O) groups is 1. The van der Waals surface area contributed by atoms with Crippen molar-refractivity contribution >= 4 is 11.7 Å². The van der Waals surface area contributed by atoms with Crippen molar-refractivity contribution in [2.75, 3.05) is 4.90 Å². The lowest BCUT2D eigenvalue weighted by Crippen LogP contribution is -2.36. The number of hydrogen-bond donors (Lipinski definition) is 1. The molecule has 36 heavy (non-hydrogen) atoms. The first-order chi connectivity index (χ1) is 17.5. The van der Waals surface area contributed by atoms with Gasteiger partial charge in [0.2, 0.25) is 0 Å². The van der Waals surface area contributed by atoms with Crippen LogP contribution in [0.1, 0.15) is 40.5 Å². The monoisotopic (exact) mass is 483 g/mol. The molecule has 3 heterocycles. The number of aromatic nitrogens is 2. The molecular weight excluding hydrogens is 457 g/mol. The van der Waals surface area contributed by atoms with E-state index in [9.17, 15) is 9.18 Å². The Morgan fingerprint density at radius 2 is 1.97 bits per heavy atom. The number of rotatable bonds is 7. The molecule has 1 N–H and O–H groups in total. The maximum atomic E-state index is 13.8. The number of carboxylic acids is 1. The highest BCUT2D eigenvalue weighted by Crippen LogP contribution is 2.33. The van der Waals surface area contributed by atoms with Gasteiger partial charge in [-0.25, -0.2) is 14.2 Å². The van der Waals surface area contributed by atoms with Crippen molar-refractivity contribution < 1.29 is 19.0 Å². The van der Waals surface area contributed by atoms with Crippen molar-refractivity contribution in [1.82, 2.24) is 9.97 Å². The van der Waals surface area contributed by atoms with E-state index in [1.165, 1.54) is 24.5 Å². The molecule has 1 aliphatic rings. The molecule has 7 heteroatoms. The van der Waals surface area contributed by atoms with E-state index in [0.29, 0.717) is 11.8 Å². The van der Waals surface area contributed by atoms with Crippen molar-refractivity contribution in [1.29, 1.82) is 0 Å². The number of benzene rings is 2. The van der Waals surface area contributed by atoms with Crippen LogP contribution in [-0.4, -0.2) is 27.1 Å². The molecule has 0 radical (unpaired) electrons. The average molecular weight is 484 g/mol. The van der Waals surface area contributed by atoms with Gasteiger partial charge in [0, 0.05) is 30.0 Å². The van der Waals surface area contributed by atoms with Gasteiger partial charge >= 0.3 is 5.97 Å². The molecule has 2 aromatic heterocycles. The van der Waals surface area contributed by atoms with E-state index < -0.39 is 5.97 Å². The van der Waals surface area contributed by atoms with E-state index in [2.05, 4.69) is 28.9 Å². The maximum absolute atomic E-state index is 13.8. The Kier molecular flexibility index (Phi) is 6.62. The van der Waals surface area contributed by atoms with Crippen LogP contribution >= 0.6 is 0 Å². The molecule has 0 bridgehead atoms. The lowest BCUT2D eigenvalue weighted by molar-refractivity contribution is 0.0696. The molecule has 1 atom stereocenters. The SMILES string of the molecule is CC1CCc2cc(F)ccc2N1Cc1cccc(-c2cccc(COc3cncc(C(=O)O)c3)n2)c1. The van der Waals surface area contributed by atoms with E-state index in [-0.39, 0.29) is 18.0 Å². The number of nitrogens with zero attached hydrogens (tertiary/aromatic N) is 3. The van der Waals surface area contributed by atoms with Gasteiger partial charge in [0.15, 0.2) is 0 Å². The number of ether oxygens (including phenoxy) is 1. The van der Waals surface area contributed by atoms with Crippen molar-refractivity contribution in [3.8, 4) is 17.0 Å². The zero-order valence-electron chi connectivity index (χ0n) is 19.9. The lowest BCUT2D eigenvalue weighted by atomic mass is 9.95. The summed E-state index contributed by atoms with van der Waals surface area (Å²) in [5.74, 6) is -0.867. The van der Waals surface area contributed by atoms with E-state index >= 15 is 0 Å². The molecule has 1 aliphatic heterocycles. The third kappa shape index (κ3) is 5.20. The smallest absolute Gasteiger partial charge is 0.337 e. The minimum absolute atomic E-state index is 0.0711. The third-order valence-corrected chi connectivity index (χ3v) is 6.44. The second-order valence-electron chi connectivity index (χ2n) is 9.01. The Labute approximate surface area is 209 Å². The van der Waals surface area contributed by atoms with Crippen LogP contribution in [0.4, 0.5) is 10.1 Å². The summed E-state index contributed by atoms with van der Waals surface area (Å²) in [5.41, 5.74) is 5.91. The first-order valence-corrected chi connectivity index (χ1v) is 11.9. The van der Waals surface area contributed by atoms with Gasteiger partial charge in [0.1, 0.15) is 18.2 Å². The van der Waals surface area contributed by atoms with Crippen LogP contribution in [0.2, 0.25) is 0 Å². The zero-order valence-corrected chi connectivity index (χ0v) is 19.9. The Morgan fingerprint density at radius 3 is 2.83 bits per heavy atom. The zero-order chi connectivity index (χ0) is 25.1. The first kappa shape index (κ1) is 23.5. The fourth-order valence-corrected chi connectivity index (χ4v) is 4.55. The average Bonchev–Trinajstić information content (AvgIpc) is 2.89. The highest BCUT2D eigenvalue weighted by Gasteiger charge is 2.23. The molecule has 0 saturated heterocycles. The normalized spacial score (nSPS) is 14.8. The van der Waals surface area contributed by atoms with Crippen molar-refractivity contribution in [3.63, 3.8) is 0 Å². The second kappa shape index (κ2) is 10.2. The minimum Gasteiger partial charge on any atom is -0.486 e. The van der Waals surface area contributed by atoms with Crippen LogP contribution in [0.3, 0.4) is 0 Å². The summed E-state index contributed by atoms with van der Waals surface area (Å²) in [7, 11) is 0. The van der Waals surface area contributed by atoms with Gasteiger partial charge in [0.05, 0.1) is 23.1 Å².